The van der Waals surface area contributed by atoms with Gasteiger partial charge in [-0.2, -0.15) is 0 Å². The van der Waals surface area contributed by atoms with E-state index in [2.05, 4.69) is 72.4 Å². The summed E-state index contributed by atoms with van der Waals surface area (Å²) < 4.78 is 47.4. The number of amides is 1. The van der Waals surface area contributed by atoms with Crippen LogP contribution in [0.15, 0.2) is 84.0 Å². The Morgan fingerprint density at radius 2 is 1.78 bits per heavy atom. The molecule has 4 aliphatic heterocycles. The first-order valence-electron chi connectivity index (χ1n) is 19.6. The average Bonchev–Trinajstić information content (AvgIpc) is 3.92. The largest absolute Gasteiger partial charge is 0.491 e. The van der Waals surface area contributed by atoms with Crippen molar-refractivity contribution in [3.8, 4) is 5.75 Å². The van der Waals surface area contributed by atoms with Crippen LogP contribution >= 0.6 is 0 Å². The molecule has 4 fully saturated rings. The molecule has 3 aromatic rings. The van der Waals surface area contributed by atoms with Crippen molar-refractivity contribution >= 4 is 23.1 Å². The fourth-order valence-electron chi connectivity index (χ4n) is 8.63. The fraction of sp³-hybridized carbons (Fsp3) is 0.488. The van der Waals surface area contributed by atoms with E-state index in [-0.39, 0.29) is 61.2 Å². The molecular formula is C43H54F2N6O4. The number of hydrogen-bond acceptors (Lipinski definition) is 8. The summed E-state index contributed by atoms with van der Waals surface area (Å²) in [4.78, 5) is 21.5. The van der Waals surface area contributed by atoms with E-state index in [4.69, 9.17) is 25.7 Å². The monoisotopic (exact) mass is 756 g/mol. The van der Waals surface area contributed by atoms with Crippen LogP contribution in [0.5, 0.6) is 5.75 Å². The maximum absolute atomic E-state index is 15.1. The molecule has 6 atom stereocenters. The fourth-order valence-corrected chi connectivity index (χ4v) is 8.63. The van der Waals surface area contributed by atoms with E-state index in [0.717, 1.165) is 56.4 Å². The molecule has 10 nitrogen and oxygen atoms in total. The Balaban J connectivity index is 0.874. The number of piperidine rings is 1. The Kier molecular flexibility index (Phi) is 11.6. The second-order valence-corrected chi connectivity index (χ2v) is 15.8. The van der Waals surface area contributed by atoms with Crippen molar-refractivity contribution in [1.29, 1.82) is 0 Å². The van der Waals surface area contributed by atoms with Crippen LogP contribution in [0.3, 0.4) is 0 Å². The van der Waals surface area contributed by atoms with Gasteiger partial charge in [0.15, 0.2) is 0 Å². The molecule has 0 aromatic heterocycles. The maximum Gasteiger partial charge on any atom is 0.227 e. The first-order valence-corrected chi connectivity index (χ1v) is 19.6. The number of rotatable bonds is 14. The summed E-state index contributed by atoms with van der Waals surface area (Å²) >= 11 is 0. The number of aliphatic imine (C=N–C) groups is 1. The Bertz CT molecular complexity index is 1850. The van der Waals surface area contributed by atoms with Gasteiger partial charge in [-0.05, 0) is 105 Å². The van der Waals surface area contributed by atoms with Gasteiger partial charge in [0.25, 0.3) is 0 Å². The van der Waals surface area contributed by atoms with Crippen molar-refractivity contribution in [3.05, 3.63) is 102 Å². The van der Waals surface area contributed by atoms with Gasteiger partial charge in [0.2, 0.25) is 5.91 Å². The number of carbonyl (C=O) groups excluding carboxylic acids is 1. The summed E-state index contributed by atoms with van der Waals surface area (Å²) in [7, 11) is 0. The lowest BCUT2D eigenvalue weighted by molar-refractivity contribution is -0.132. The summed E-state index contributed by atoms with van der Waals surface area (Å²) in [5.74, 6) is 0.957. The Morgan fingerprint density at radius 3 is 2.45 bits per heavy atom. The molecule has 294 valence electrons. The topological polar surface area (TPSA) is 131 Å². The molecule has 0 radical (unpaired) electrons. The number of anilines is 2. The number of amidine groups is 1. The van der Waals surface area contributed by atoms with E-state index in [1.165, 1.54) is 35.7 Å². The molecule has 4 saturated heterocycles. The van der Waals surface area contributed by atoms with Gasteiger partial charge in [0.1, 0.15) is 48.1 Å². The SMILES string of the molecule is CC(c1ccc(NCC2CCN(C(C)C)C2=O)cc1)C1CCN(c2ccc(OCC3OCC(CN=C(N)C=CN)(c4ccc(F)cc4F)C4OC34)cc2)CC1. The summed E-state index contributed by atoms with van der Waals surface area (Å²) in [6, 6.07) is 20.7. The highest BCUT2D eigenvalue weighted by Crippen LogP contribution is 2.49. The van der Waals surface area contributed by atoms with Crippen molar-refractivity contribution in [1.82, 2.24) is 4.90 Å². The molecule has 12 heteroatoms. The Morgan fingerprint density at radius 1 is 1.04 bits per heavy atom. The van der Waals surface area contributed by atoms with Gasteiger partial charge in [-0.3, -0.25) is 9.79 Å². The second kappa shape index (κ2) is 16.6. The number of ether oxygens (including phenoxy) is 3. The quantitative estimate of drug-likeness (QED) is 0.104. The zero-order valence-corrected chi connectivity index (χ0v) is 32.0. The minimum atomic E-state index is -0.977. The lowest BCUT2D eigenvalue weighted by Crippen LogP contribution is -2.50. The Labute approximate surface area is 322 Å². The van der Waals surface area contributed by atoms with Crippen molar-refractivity contribution in [3.63, 3.8) is 0 Å². The van der Waals surface area contributed by atoms with Crippen molar-refractivity contribution in [2.24, 2.45) is 28.3 Å². The van der Waals surface area contributed by atoms with Crippen LogP contribution in [-0.4, -0.2) is 86.9 Å². The van der Waals surface area contributed by atoms with Crippen molar-refractivity contribution in [2.75, 3.05) is 56.2 Å². The summed E-state index contributed by atoms with van der Waals surface area (Å²) in [5, 5.41) is 3.49. The molecule has 55 heavy (non-hydrogen) atoms. The third-order valence-electron chi connectivity index (χ3n) is 12.1. The number of likely N-dealkylation sites (tertiary alicyclic amines) is 1. The molecule has 1 amide bonds. The number of carbonyl (C=O) groups is 1. The van der Waals surface area contributed by atoms with E-state index in [1.54, 1.807) is 0 Å². The molecule has 3 aromatic carbocycles. The van der Waals surface area contributed by atoms with Gasteiger partial charge in [0, 0.05) is 55.2 Å². The molecule has 5 N–H and O–H groups in total. The van der Waals surface area contributed by atoms with Crippen LogP contribution in [0.2, 0.25) is 0 Å². The lowest BCUT2D eigenvalue weighted by atomic mass is 9.74. The van der Waals surface area contributed by atoms with E-state index >= 15 is 4.39 Å². The van der Waals surface area contributed by atoms with Crippen LogP contribution in [0.4, 0.5) is 20.2 Å². The van der Waals surface area contributed by atoms with Crippen LogP contribution in [0.1, 0.15) is 57.1 Å². The highest BCUT2D eigenvalue weighted by atomic mass is 19.1. The van der Waals surface area contributed by atoms with Crippen LogP contribution in [0.25, 0.3) is 0 Å². The zero-order valence-electron chi connectivity index (χ0n) is 32.0. The maximum atomic E-state index is 15.1. The Hall–Kier alpha value is -4.68. The molecule has 0 aliphatic carbocycles. The van der Waals surface area contributed by atoms with Gasteiger partial charge in [-0.25, -0.2) is 8.78 Å². The summed E-state index contributed by atoms with van der Waals surface area (Å²) in [6.45, 7) is 10.5. The standard InChI is InChI=1S/C43H54F2N6O4/c1-27(2)51-21-17-31(42(51)52)23-48-33-7-4-29(5-8-33)28(3)30-15-19-50(20-16-30)34-9-11-35(12-10-34)53-24-38-40-41(55-40)43(26-54-38,25-49-39(47)14-18-46)36-13-6-32(44)22-37(36)45/h4-14,18,22,27-28,30-31,38,40-41,48H,15-17,19-21,23-26,46H2,1-3H3,(H2,47,49). The number of nitrogens with zero attached hydrogens (tertiary/aromatic N) is 3. The second-order valence-electron chi connectivity index (χ2n) is 15.8. The first-order chi connectivity index (χ1) is 26.6. The molecular weight excluding hydrogens is 703 g/mol. The van der Waals surface area contributed by atoms with Gasteiger partial charge < -0.3 is 40.8 Å². The number of fused-ring (bicyclic) bond motifs is 1. The average molecular weight is 757 g/mol. The zero-order chi connectivity index (χ0) is 38.7. The predicted octanol–water partition coefficient (Wildman–Crippen LogP) is 5.97. The van der Waals surface area contributed by atoms with E-state index in [1.807, 2.05) is 17.0 Å². The number of halogens is 2. The molecule has 0 saturated carbocycles. The van der Waals surface area contributed by atoms with Crippen molar-refractivity contribution < 1.29 is 27.8 Å². The van der Waals surface area contributed by atoms with Gasteiger partial charge >= 0.3 is 0 Å². The molecule has 0 spiro atoms. The predicted molar refractivity (Wildman–Crippen MR) is 211 cm³/mol. The molecule has 7 rings (SSSR count). The normalized spacial score (nSPS) is 26.4. The van der Waals surface area contributed by atoms with E-state index in [0.29, 0.717) is 18.4 Å². The molecule has 0 bridgehead atoms. The van der Waals surface area contributed by atoms with Crippen LogP contribution in [0, 0.1) is 23.5 Å². The van der Waals surface area contributed by atoms with E-state index < -0.39 is 23.2 Å². The third kappa shape index (κ3) is 8.45. The van der Waals surface area contributed by atoms with Crippen molar-refractivity contribution in [2.45, 2.75) is 75.7 Å². The van der Waals surface area contributed by atoms with Gasteiger partial charge in [-0.15, -0.1) is 0 Å². The number of benzene rings is 3. The smallest absolute Gasteiger partial charge is 0.227 e. The minimum Gasteiger partial charge on any atom is -0.491 e. The number of hydrogen-bond donors (Lipinski definition) is 3. The number of nitrogens with one attached hydrogen (secondary N) is 1. The number of nitrogens with two attached hydrogens (primary N) is 2. The highest BCUT2D eigenvalue weighted by molar-refractivity contribution is 5.91. The minimum absolute atomic E-state index is 0.0522. The van der Waals surface area contributed by atoms with Gasteiger partial charge in [-0.1, -0.05) is 25.1 Å². The van der Waals surface area contributed by atoms with Crippen LogP contribution < -0.4 is 26.4 Å². The highest BCUT2D eigenvalue weighted by Gasteiger charge is 2.63. The molecule has 4 aliphatic rings. The molecule has 6 unspecified atom stereocenters. The lowest BCUT2D eigenvalue weighted by Gasteiger charge is -2.37. The molecule has 4 heterocycles. The van der Waals surface area contributed by atoms with Crippen LogP contribution in [-0.2, 0) is 19.7 Å². The summed E-state index contributed by atoms with van der Waals surface area (Å²) in [6.07, 6.45) is 4.79. The third-order valence-corrected chi connectivity index (χ3v) is 12.1. The van der Waals surface area contributed by atoms with Gasteiger partial charge in [0.05, 0.1) is 24.5 Å². The van der Waals surface area contributed by atoms with E-state index in [9.17, 15) is 9.18 Å². The first kappa shape index (κ1) is 38.6. The summed E-state index contributed by atoms with van der Waals surface area (Å²) in [5.41, 5.74) is 14.3. The number of epoxide rings is 1.